The summed E-state index contributed by atoms with van der Waals surface area (Å²) in [6, 6.07) is 10.3. The highest BCUT2D eigenvalue weighted by Gasteiger charge is 2.27. The number of ether oxygens (including phenoxy) is 1. The zero-order chi connectivity index (χ0) is 17.5. The predicted molar refractivity (Wildman–Crippen MR) is 99.4 cm³/mol. The van der Waals surface area contributed by atoms with Crippen molar-refractivity contribution < 1.29 is 9.53 Å². The van der Waals surface area contributed by atoms with Crippen molar-refractivity contribution >= 4 is 6.03 Å². The van der Waals surface area contributed by atoms with Crippen LogP contribution in [-0.4, -0.2) is 62.2 Å². The van der Waals surface area contributed by atoms with Crippen molar-refractivity contribution in [3.8, 4) is 0 Å². The van der Waals surface area contributed by atoms with Gasteiger partial charge in [0.1, 0.15) is 0 Å². The van der Waals surface area contributed by atoms with Gasteiger partial charge in [0.2, 0.25) is 0 Å². The maximum Gasteiger partial charge on any atom is 0.317 e. The molecule has 0 spiro atoms. The average molecular weight is 345 g/mol. The van der Waals surface area contributed by atoms with E-state index >= 15 is 0 Å². The molecule has 0 aromatic heterocycles. The molecule has 138 valence electrons. The largest absolute Gasteiger partial charge is 0.376 e. The number of rotatable bonds is 6. The van der Waals surface area contributed by atoms with Crippen LogP contribution in [0.4, 0.5) is 4.79 Å². The first kappa shape index (κ1) is 18.2. The quantitative estimate of drug-likeness (QED) is 0.862. The molecule has 0 aliphatic carbocycles. The summed E-state index contributed by atoms with van der Waals surface area (Å²) in [6.45, 7) is 6.11. The fourth-order valence-electron chi connectivity index (χ4n) is 3.85. The summed E-state index contributed by atoms with van der Waals surface area (Å²) in [5, 5.41) is 3.14. The van der Waals surface area contributed by atoms with E-state index < -0.39 is 0 Å². The van der Waals surface area contributed by atoms with Gasteiger partial charge >= 0.3 is 6.03 Å². The fraction of sp³-hybridized carbons (Fsp3) is 0.650. The van der Waals surface area contributed by atoms with Crippen LogP contribution < -0.4 is 5.32 Å². The number of carbonyl (C=O) groups is 1. The van der Waals surface area contributed by atoms with E-state index in [4.69, 9.17) is 4.74 Å². The molecule has 2 saturated heterocycles. The molecule has 2 unspecified atom stereocenters. The first-order valence-electron chi connectivity index (χ1n) is 9.53. The smallest absolute Gasteiger partial charge is 0.317 e. The summed E-state index contributed by atoms with van der Waals surface area (Å²) in [4.78, 5) is 16.7. The summed E-state index contributed by atoms with van der Waals surface area (Å²) in [6.07, 6.45) is 3.50. The Labute approximate surface area is 151 Å². The van der Waals surface area contributed by atoms with E-state index in [0.29, 0.717) is 18.4 Å². The van der Waals surface area contributed by atoms with Crippen LogP contribution in [0, 0.1) is 11.8 Å². The third-order valence-electron chi connectivity index (χ3n) is 5.30. The molecule has 2 aliphatic heterocycles. The molecule has 1 aromatic rings. The zero-order valence-electron chi connectivity index (χ0n) is 15.3. The van der Waals surface area contributed by atoms with E-state index in [2.05, 4.69) is 29.4 Å². The highest BCUT2D eigenvalue weighted by atomic mass is 16.5. The Balaban J connectivity index is 1.32. The average Bonchev–Trinajstić information content (AvgIpc) is 3.10. The molecular weight excluding hydrogens is 314 g/mol. The standard InChI is InChI=1S/C20H31N3O2/c1-22-10-5-8-18(13-22)12-21-20(24)23-11-9-19(14-23)16-25-15-17-6-3-2-4-7-17/h2-4,6-7,18-19H,5,8-16H2,1H3,(H,21,24). The molecule has 5 nitrogen and oxygen atoms in total. The molecule has 0 saturated carbocycles. The van der Waals surface area contributed by atoms with Gasteiger partial charge in [0.25, 0.3) is 0 Å². The van der Waals surface area contributed by atoms with E-state index in [0.717, 1.165) is 39.2 Å². The molecule has 2 amide bonds. The molecule has 2 heterocycles. The lowest BCUT2D eigenvalue weighted by molar-refractivity contribution is 0.0896. The molecule has 1 N–H and O–H groups in total. The van der Waals surface area contributed by atoms with Crippen molar-refractivity contribution in [2.24, 2.45) is 11.8 Å². The first-order valence-corrected chi connectivity index (χ1v) is 9.53. The van der Waals surface area contributed by atoms with E-state index in [1.165, 1.54) is 24.9 Å². The number of nitrogens with zero attached hydrogens (tertiary/aromatic N) is 2. The number of hydrogen-bond acceptors (Lipinski definition) is 3. The van der Waals surface area contributed by atoms with Gasteiger partial charge in [0, 0.05) is 32.1 Å². The van der Waals surface area contributed by atoms with Gasteiger partial charge in [-0.15, -0.1) is 0 Å². The third kappa shape index (κ3) is 5.72. The number of carbonyl (C=O) groups excluding carboxylic acids is 1. The molecule has 5 heteroatoms. The molecular formula is C20H31N3O2. The highest BCUT2D eigenvalue weighted by Crippen LogP contribution is 2.18. The van der Waals surface area contributed by atoms with Crippen LogP contribution in [0.2, 0.25) is 0 Å². The Hall–Kier alpha value is -1.59. The Morgan fingerprint density at radius 2 is 2.00 bits per heavy atom. The molecule has 25 heavy (non-hydrogen) atoms. The molecule has 0 radical (unpaired) electrons. The minimum atomic E-state index is 0.0961. The second-order valence-electron chi connectivity index (χ2n) is 7.56. The fourth-order valence-corrected chi connectivity index (χ4v) is 3.85. The predicted octanol–water partition coefficient (Wildman–Crippen LogP) is 2.58. The summed E-state index contributed by atoms with van der Waals surface area (Å²) in [7, 11) is 2.16. The van der Waals surface area contributed by atoms with Crippen molar-refractivity contribution in [3.63, 3.8) is 0 Å². The Kier molecular flexibility index (Phi) is 6.70. The number of urea groups is 1. The topological polar surface area (TPSA) is 44.8 Å². The van der Waals surface area contributed by atoms with Crippen molar-refractivity contribution in [3.05, 3.63) is 35.9 Å². The second kappa shape index (κ2) is 9.20. The van der Waals surface area contributed by atoms with Gasteiger partial charge in [-0.2, -0.15) is 0 Å². The Bertz CT molecular complexity index is 537. The van der Waals surface area contributed by atoms with E-state index in [-0.39, 0.29) is 6.03 Å². The second-order valence-corrected chi connectivity index (χ2v) is 7.56. The van der Waals surface area contributed by atoms with Gasteiger partial charge in [-0.25, -0.2) is 4.79 Å². The van der Waals surface area contributed by atoms with E-state index in [1.54, 1.807) is 0 Å². The van der Waals surface area contributed by atoms with Gasteiger partial charge in [0.15, 0.2) is 0 Å². The van der Waals surface area contributed by atoms with Gasteiger partial charge in [-0.1, -0.05) is 30.3 Å². The summed E-state index contributed by atoms with van der Waals surface area (Å²) < 4.78 is 5.83. The zero-order valence-corrected chi connectivity index (χ0v) is 15.3. The maximum absolute atomic E-state index is 12.4. The van der Waals surface area contributed by atoms with E-state index in [1.807, 2.05) is 23.1 Å². The maximum atomic E-state index is 12.4. The monoisotopic (exact) mass is 345 g/mol. The van der Waals surface area contributed by atoms with Crippen LogP contribution in [0.25, 0.3) is 0 Å². The summed E-state index contributed by atoms with van der Waals surface area (Å²) in [5.41, 5.74) is 1.20. The Morgan fingerprint density at radius 3 is 2.80 bits per heavy atom. The minimum Gasteiger partial charge on any atom is -0.376 e. The number of hydrogen-bond donors (Lipinski definition) is 1. The normalized spacial score (nSPS) is 24.4. The van der Waals surface area contributed by atoms with E-state index in [9.17, 15) is 4.79 Å². The SMILES string of the molecule is CN1CCCC(CNC(=O)N2CCC(COCc3ccccc3)C2)C1. The lowest BCUT2D eigenvalue weighted by Crippen LogP contribution is -2.44. The molecule has 2 fully saturated rings. The van der Waals surface area contributed by atoms with Gasteiger partial charge in [-0.05, 0) is 44.3 Å². The molecule has 3 rings (SSSR count). The van der Waals surface area contributed by atoms with Gasteiger partial charge in [0.05, 0.1) is 13.2 Å². The van der Waals surface area contributed by atoms with Crippen molar-refractivity contribution in [1.29, 1.82) is 0 Å². The molecule has 2 aliphatic rings. The van der Waals surface area contributed by atoms with Crippen LogP contribution in [-0.2, 0) is 11.3 Å². The lowest BCUT2D eigenvalue weighted by Gasteiger charge is -2.30. The van der Waals surface area contributed by atoms with Crippen molar-refractivity contribution in [2.75, 3.05) is 46.4 Å². The Morgan fingerprint density at radius 1 is 1.16 bits per heavy atom. The molecule has 1 aromatic carbocycles. The van der Waals surface area contributed by atoms with Crippen LogP contribution in [0.5, 0.6) is 0 Å². The van der Waals surface area contributed by atoms with Crippen LogP contribution in [0.3, 0.4) is 0 Å². The van der Waals surface area contributed by atoms with Crippen molar-refractivity contribution in [2.45, 2.75) is 25.9 Å². The summed E-state index contributed by atoms with van der Waals surface area (Å²) >= 11 is 0. The van der Waals surface area contributed by atoms with Gasteiger partial charge in [-0.3, -0.25) is 0 Å². The lowest BCUT2D eigenvalue weighted by atomic mass is 9.99. The molecule has 2 atom stereocenters. The highest BCUT2D eigenvalue weighted by molar-refractivity contribution is 5.74. The van der Waals surface area contributed by atoms with Gasteiger partial charge < -0.3 is 19.9 Å². The molecule has 0 bridgehead atoms. The third-order valence-corrected chi connectivity index (χ3v) is 5.30. The summed E-state index contributed by atoms with van der Waals surface area (Å²) in [5.74, 6) is 1.05. The van der Waals surface area contributed by atoms with Crippen LogP contribution in [0.15, 0.2) is 30.3 Å². The minimum absolute atomic E-state index is 0.0961. The van der Waals surface area contributed by atoms with Crippen molar-refractivity contribution in [1.82, 2.24) is 15.1 Å². The van der Waals surface area contributed by atoms with Crippen LogP contribution >= 0.6 is 0 Å². The first-order chi connectivity index (χ1) is 12.2. The number of amides is 2. The van der Waals surface area contributed by atoms with Crippen LogP contribution in [0.1, 0.15) is 24.8 Å². The number of benzene rings is 1. The number of nitrogens with one attached hydrogen (secondary N) is 1. The number of likely N-dealkylation sites (tertiary alicyclic amines) is 2. The number of piperidine rings is 1.